The monoisotopic (exact) mass is 417 g/mol. The van der Waals surface area contributed by atoms with Crippen LogP contribution in [0.5, 0.6) is 11.5 Å². The van der Waals surface area contributed by atoms with E-state index in [9.17, 15) is 23.2 Å². The van der Waals surface area contributed by atoms with E-state index < -0.39 is 40.2 Å². The zero-order valence-electron chi connectivity index (χ0n) is 13.6. The number of rotatable bonds is 5. The maximum Gasteiger partial charge on any atom is 0.295 e. The van der Waals surface area contributed by atoms with Crippen LogP contribution >= 0.6 is 11.6 Å². The topological polar surface area (TPSA) is 135 Å². The molecule has 1 aliphatic heterocycles. The Bertz CT molecular complexity index is 881. The van der Waals surface area contributed by atoms with E-state index in [0.717, 1.165) is 0 Å². The van der Waals surface area contributed by atoms with Crippen molar-refractivity contribution in [3.63, 3.8) is 0 Å². The molecule has 146 valence electrons. The van der Waals surface area contributed by atoms with Gasteiger partial charge in [0, 0.05) is 12.3 Å². The second-order valence-electron chi connectivity index (χ2n) is 5.70. The largest absolute Gasteiger partial charge is 0.484 e. The minimum Gasteiger partial charge on any atom is -0.484 e. The van der Waals surface area contributed by atoms with Gasteiger partial charge in [-0.05, 0) is 18.2 Å². The van der Waals surface area contributed by atoms with Crippen LogP contribution < -0.4 is 9.47 Å². The lowest BCUT2D eigenvalue weighted by molar-refractivity contribution is -0.248. The van der Waals surface area contributed by atoms with Gasteiger partial charge < -0.3 is 24.4 Å². The Hall–Kier alpha value is -1.95. The van der Waals surface area contributed by atoms with Crippen LogP contribution in [0, 0.1) is 0 Å². The zero-order chi connectivity index (χ0) is 19.6. The maximum absolute atomic E-state index is 11.6. The van der Waals surface area contributed by atoms with Gasteiger partial charge in [0.2, 0.25) is 11.7 Å². The van der Waals surface area contributed by atoms with E-state index in [0.29, 0.717) is 0 Å². The molecule has 1 fully saturated rings. The van der Waals surface area contributed by atoms with Crippen LogP contribution in [0.2, 0.25) is 5.15 Å². The molecule has 1 aliphatic rings. The zero-order valence-corrected chi connectivity index (χ0v) is 15.2. The van der Waals surface area contributed by atoms with Crippen molar-refractivity contribution in [2.24, 2.45) is 0 Å². The number of hydrogen-bond acceptors (Lipinski definition) is 8. The summed E-state index contributed by atoms with van der Waals surface area (Å²) in [5.74, 6) is 0.394. The third-order valence-electron chi connectivity index (χ3n) is 3.76. The quantitative estimate of drug-likeness (QED) is 0.477. The molecule has 3 N–H and O–H groups in total. The van der Waals surface area contributed by atoms with E-state index in [1.54, 1.807) is 30.3 Å². The summed E-state index contributed by atoms with van der Waals surface area (Å²) in [6.45, 7) is 0. The second-order valence-corrected chi connectivity index (χ2v) is 7.58. The number of aliphatic hydroxyl groups is 2. The Morgan fingerprint density at radius 1 is 1.04 bits per heavy atom. The number of ether oxygens (including phenoxy) is 3. The van der Waals surface area contributed by atoms with Gasteiger partial charge in [0.1, 0.15) is 22.8 Å². The number of nitrogens with zero attached hydrogens (tertiary/aromatic N) is 1. The Balaban J connectivity index is 1.89. The van der Waals surface area contributed by atoms with Crippen molar-refractivity contribution in [2.45, 2.75) is 30.0 Å². The summed E-state index contributed by atoms with van der Waals surface area (Å²) in [7, 11) is -4.84. The normalized spacial score (nSPS) is 28.5. The van der Waals surface area contributed by atoms with Crippen molar-refractivity contribution in [3.8, 4) is 11.5 Å². The van der Waals surface area contributed by atoms with Gasteiger partial charge in [0.15, 0.2) is 12.2 Å². The summed E-state index contributed by atoms with van der Waals surface area (Å²) >= 11 is 5.77. The number of para-hydroxylation sites is 1. The molecule has 0 amide bonds. The van der Waals surface area contributed by atoms with Crippen molar-refractivity contribution >= 4 is 21.7 Å². The Morgan fingerprint density at radius 3 is 2.37 bits per heavy atom. The van der Waals surface area contributed by atoms with Gasteiger partial charge in [0.05, 0.1) is 0 Å². The van der Waals surface area contributed by atoms with Crippen molar-refractivity contribution in [2.75, 3.05) is 0 Å². The number of hydrogen-bond donors (Lipinski definition) is 3. The highest BCUT2D eigenvalue weighted by molar-refractivity contribution is 7.86. The third-order valence-corrected chi connectivity index (χ3v) is 4.94. The first-order valence-electron chi connectivity index (χ1n) is 7.73. The average Bonchev–Trinajstić information content (AvgIpc) is 2.61. The molecule has 1 saturated heterocycles. The predicted octanol–water partition coefficient (Wildman–Crippen LogP) is 0.853. The van der Waals surface area contributed by atoms with Gasteiger partial charge >= 0.3 is 0 Å². The molecule has 0 bridgehead atoms. The fourth-order valence-corrected chi connectivity index (χ4v) is 3.46. The summed E-state index contributed by atoms with van der Waals surface area (Å²) in [4.78, 5) is 3.77. The predicted molar refractivity (Wildman–Crippen MR) is 93.0 cm³/mol. The van der Waals surface area contributed by atoms with Crippen LogP contribution in [-0.2, 0) is 14.9 Å². The van der Waals surface area contributed by atoms with Crippen LogP contribution in [0.3, 0.4) is 0 Å². The smallest absolute Gasteiger partial charge is 0.295 e. The number of benzene rings is 1. The molecule has 0 saturated carbocycles. The molecule has 0 aliphatic carbocycles. The minimum absolute atomic E-state index is 0.0898. The number of halogens is 1. The fraction of sp³-hybridized carbons (Fsp3) is 0.312. The lowest BCUT2D eigenvalue weighted by Gasteiger charge is -2.40. The third kappa shape index (κ3) is 4.67. The maximum atomic E-state index is 11.6. The summed E-state index contributed by atoms with van der Waals surface area (Å²) < 4.78 is 48.6. The molecule has 2 heterocycles. The minimum atomic E-state index is -4.84. The van der Waals surface area contributed by atoms with Crippen LogP contribution in [0.15, 0.2) is 48.7 Å². The molecule has 11 heteroatoms. The molecule has 3 rings (SSSR count). The summed E-state index contributed by atoms with van der Waals surface area (Å²) in [5, 5.41) is 20.9. The van der Waals surface area contributed by atoms with Gasteiger partial charge in [-0.1, -0.05) is 29.8 Å². The van der Waals surface area contributed by atoms with Gasteiger partial charge in [-0.3, -0.25) is 4.55 Å². The summed E-state index contributed by atoms with van der Waals surface area (Å²) in [6.07, 6.45) is -5.21. The number of aromatic nitrogens is 1. The van der Waals surface area contributed by atoms with E-state index in [4.69, 9.17) is 25.8 Å². The number of pyridine rings is 1. The summed E-state index contributed by atoms with van der Waals surface area (Å²) in [6, 6.07) is 10.9. The van der Waals surface area contributed by atoms with E-state index in [1.807, 2.05) is 0 Å². The lowest BCUT2D eigenvalue weighted by atomic mass is 10.0. The average molecular weight is 418 g/mol. The highest BCUT2D eigenvalue weighted by Crippen LogP contribution is 2.29. The van der Waals surface area contributed by atoms with E-state index in [1.165, 1.54) is 18.3 Å². The van der Waals surface area contributed by atoms with Gasteiger partial charge in [-0.15, -0.1) is 0 Å². The Morgan fingerprint density at radius 2 is 1.74 bits per heavy atom. The van der Waals surface area contributed by atoms with Gasteiger partial charge in [-0.2, -0.15) is 8.42 Å². The van der Waals surface area contributed by atoms with Crippen LogP contribution in [-0.4, -0.2) is 58.2 Å². The van der Waals surface area contributed by atoms with Crippen LogP contribution in [0.1, 0.15) is 0 Å². The second kappa shape index (κ2) is 7.97. The molecule has 2 aromatic rings. The molecule has 9 nitrogen and oxygen atoms in total. The van der Waals surface area contributed by atoms with Crippen molar-refractivity contribution in [1.82, 2.24) is 4.98 Å². The lowest BCUT2D eigenvalue weighted by Crippen LogP contribution is -2.62. The van der Waals surface area contributed by atoms with Crippen molar-refractivity contribution in [1.29, 1.82) is 0 Å². The van der Waals surface area contributed by atoms with Gasteiger partial charge in [-0.25, -0.2) is 4.98 Å². The molecule has 1 aromatic carbocycles. The SMILES string of the molecule is O=S(=O)(O)C1O[C@@H](Oc2ccccc2)[C@H](O)[C@@H](Oc2ccnc(Cl)c2)[C@@H]1O. The van der Waals surface area contributed by atoms with E-state index in [2.05, 4.69) is 4.98 Å². The molecule has 5 atom stereocenters. The Kier molecular flexibility index (Phi) is 5.84. The molecule has 0 radical (unpaired) electrons. The Labute approximate surface area is 159 Å². The van der Waals surface area contributed by atoms with Gasteiger partial charge in [0.25, 0.3) is 10.1 Å². The molecular weight excluding hydrogens is 402 g/mol. The van der Waals surface area contributed by atoms with Crippen LogP contribution in [0.25, 0.3) is 0 Å². The van der Waals surface area contributed by atoms with Crippen LogP contribution in [0.4, 0.5) is 0 Å². The van der Waals surface area contributed by atoms with E-state index >= 15 is 0 Å². The van der Waals surface area contributed by atoms with E-state index in [-0.39, 0.29) is 16.7 Å². The molecule has 27 heavy (non-hydrogen) atoms. The first kappa shape index (κ1) is 19.8. The molecule has 1 aromatic heterocycles. The first-order valence-corrected chi connectivity index (χ1v) is 9.61. The first-order chi connectivity index (χ1) is 12.8. The van der Waals surface area contributed by atoms with Crippen molar-refractivity contribution < 1.29 is 37.4 Å². The highest BCUT2D eigenvalue weighted by Gasteiger charge is 2.52. The summed E-state index contributed by atoms with van der Waals surface area (Å²) in [5.41, 5.74) is -2.09. The standard InChI is InChI=1S/C16H16ClNO8S/c17-11-8-10(6-7-18-11)24-14-12(19)15(25-9-4-2-1-3-5-9)26-16(13(14)20)27(21,22)23/h1-8,12-16,19-20H,(H,21,22,23)/t12-,13+,14-,15-,16?/m1/s1. The molecular formula is C16H16ClNO8S. The molecule has 1 unspecified atom stereocenters. The highest BCUT2D eigenvalue weighted by atomic mass is 35.5. The van der Waals surface area contributed by atoms with Crippen molar-refractivity contribution in [3.05, 3.63) is 53.8 Å². The molecule has 0 spiro atoms. The number of aliphatic hydroxyl groups excluding tert-OH is 2. The fourth-order valence-electron chi connectivity index (χ4n) is 2.54.